The molecule has 0 amide bonds. The Balaban J connectivity index is 2.54. The molecule has 0 saturated heterocycles. The van der Waals surface area contributed by atoms with Crippen molar-refractivity contribution >= 4 is 23.8 Å². The van der Waals surface area contributed by atoms with Crippen LogP contribution in [-0.4, -0.2) is 19.9 Å². The third-order valence-corrected chi connectivity index (χ3v) is 2.27. The molecule has 0 spiro atoms. The zero-order chi connectivity index (χ0) is 10.1. The van der Waals surface area contributed by atoms with E-state index in [1.807, 2.05) is 0 Å². The molecule has 0 atom stereocenters. The first-order chi connectivity index (χ1) is 6.70. The fourth-order valence-electron chi connectivity index (χ4n) is 1.23. The normalized spacial score (nSPS) is 11.4. The number of hydrogen-bond donors (Lipinski definition) is 2. The van der Waals surface area contributed by atoms with Crippen LogP contribution in [0.4, 0.5) is 0 Å². The molecule has 0 unspecified atom stereocenters. The second kappa shape index (κ2) is 3.57. The topological polar surface area (TPSA) is 54.5 Å². The van der Waals surface area contributed by atoms with E-state index < -0.39 is 0 Å². The van der Waals surface area contributed by atoms with Gasteiger partial charge in [0.1, 0.15) is 17.2 Å². The molecule has 74 valence electrons. The summed E-state index contributed by atoms with van der Waals surface area (Å²) < 4.78 is 0. The average molecular weight is 208 g/mol. The Labute approximate surface area is 87.6 Å². The highest BCUT2D eigenvalue weighted by atomic mass is 32.1. The van der Waals surface area contributed by atoms with Gasteiger partial charge >= 0.3 is 0 Å². The van der Waals surface area contributed by atoms with E-state index in [0.717, 1.165) is 22.8 Å². The number of hydrogen-bond acceptors (Lipinski definition) is 4. The first-order valence-electron chi connectivity index (χ1n) is 4.53. The molecule has 0 aromatic carbocycles. The van der Waals surface area contributed by atoms with Gasteiger partial charge in [-0.3, -0.25) is 0 Å². The minimum absolute atomic E-state index is 0.335. The van der Waals surface area contributed by atoms with E-state index >= 15 is 0 Å². The Bertz CT molecular complexity index is 449. The summed E-state index contributed by atoms with van der Waals surface area (Å²) >= 11 is 4.15. The smallest absolute Gasteiger partial charge is 0.161 e. The third-order valence-electron chi connectivity index (χ3n) is 1.97. The molecule has 0 aliphatic rings. The lowest BCUT2D eigenvalue weighted by molar-refractivity contribution is 0.781. The van der Waals surface area contributed by atoms with Crippen molar-refractivity contribution in [1.29, 1.82) is 0 Å². The van der Waals surface area contributed by atoms with Crippen LogP contribution in [0.15, 0.2) is 6.20 Å². The minimum atomic E-state index is 0.335. The highest BCUT2D eigenvalue weighted by molar-refractivity contribution is 7.79. The van der Waals surface area contributed by atoms with Crippen LogP contribution in [-0.2, 0) is 5.75 Å². The van der Waals surface area contributed by atoms with Crippen molar-refractivity contribution in [1.82, 2.24) is 19.9 Å². The lowest BCUT2D eigenvalue weighted by atomic mass is 10.2. The molecule has 0 radical (unpaired) electrons. The molecule has 14 heavy (non-hydrogen) atoms. The van der Waals surface area contributed by atoms with Crippen LogP contribution in [0, 0.1) is 0 Å². The van der Waals surface area contributed by atoms with Gasteiger partial charge < -0.3 is 4.98 Å². The largest absolute Gasteiger partial charge is 0.326 e. The van der Waals surface area contributed by atoms with Crippen LogP contribution < -0.4 is 0 Å². The molecule has 2 heterocycles. The maximum atomic E-state index is 4.38. The third kappa shape index (κ3) is 1.59. The van der Waals surface area contributed by atoms with Gasteiger partial charge in [0, 0.05) is 11.7 Å². The Hall–Kier alpha value is -1.10. The Morgan fingerprint density at radius 3 is 2.86 bits per heavy atom. The van der Waals surface area contributed by atoms with E-state index in [9.17, 15) is 0 Å². The predicted molar refractivity (Wildman–Crippen MR) is 58.5 cm³/mol. The van der Waals surface area contributed by atoms with Crippen LogP contribution in [0.3, 0.4) is 0 Å². The molecule has 0 bridgehead atoms. The van der Waals surface area contributed by atoms with Gasteiger partial charge in [-0.15, -0.1) is 0 Å². The van der Waals surface area contributed by atoms with E-state index in [1.54, 1.807) is 6.20 Å². The Kier molecular flexibility index (Phi) is 2.41. The van der Waals surface area contributed by atoms with Gasteiger partial charge in [-0.2, -0.15) is 12.6 Å². The summed E-state index contributed by atoms with van der Waals surface area (Å²) in [5.41, 5.74) is 1.60. The number of aromatic amines is 1. The summed E-state index contributed by atoms with van der Waals surface area (Å²) in [6.07, 6.45) is 1.75. The van der Waals surface area contributed by atoms with E-state index in [2.05, 4.69) is 46.4 Å². The SMILES string of the molecule is CC(C)c1ncc2nc(CS)[nH]c2n1. The van der Waals surface area contributed by atoms with Crippen LogP contribution in [0.1, 0.15) is 31.4 Å². The van der Waals surface area contributed by atoms with Gasteiger partial charge in [0.05, 0.1) is 6.20 Å². The van der Waals surface area contributed by atoms with Crippen molar-refractivity contribution in [2.24, 2.45) is 0 Å². The summed E-state index contributed by atoms with van der Waals surface area (Å²) in [7, 11) is 0. The summed E-state index contributed by atoms with van der Waals surface area (Å²) in [5.74, 6) is 2.60. The highest BCUT2D eigenvalue weighted by Crippen LogP contribution is 2.13. The lowest BCUT2D eigenvalue weighted by Crippen LogP contribution is -1.96. The molecular formula is C9H12N4S. The van der Waals surface area contributed by atoms with Crippen LogP contribution in [0.25, 0.3) is 11.2 Å². The van der Waals surface area contributed by atoms with Crippen molar-refractivity contribution < 1.29 is 0 Å². The van der Waals surface area contributed by atoms with Gasteiger partial charge in [0.25, 0.3) is 0 Å². The van der Waals surface area contributed by atoms with Gasteiger partial charge in [-0.05, 0) is 0 Å². The summed E-state index contributed by atoms with van der Waals surface area (Å²) in [6, 6.07) is 0. The molecule has 2 aromatic rings. The van der Waals surface area contributed by atoms with Gasteiger partial charge in [-0.1, -0.05) is 13.8 Å². The van der Waals surface area contributed by atoms with Gasteiger partial charge in [0.15, 0.2) is 5.65 Å². The van der Waals surface area contributed by atoms with E-state index in [-0.39, 0.29) is 0 Å². The van der Waals surface area contributed by atoms with Crippen molar-refractivity contribution in [3.05, 3.63) is 17.8 Å². The highest BCUT2D eigenvalue weighted by Gasteiger charge is 2.07. The van der Waals surface area contributed by atoms with Crippen LogP contribution >= 0.6 is 12.6 Å². The number of aromatic nitrogens is 4. The molecular weight excluding hydrogens is 196 g/mol. The molecule has 0 fully saturated rings. The predicted octanol–water partition coefficient (Wildman–Crippen LogP) is 1.91. The minimum Gasteiger partial charge on any atom is -0.326 e. The summed E-state index contributed by atoms with van der Waals surface area (Å²) in [6.45, 7) is 4.13. The maximum Gasteiger partial charge on any atom is 0.161 e. The van der Waals surface area contributed by atoms with Crippen molar-refractivity contribution in [3.63, 3.8) is 0 Å². The van der Waals surface area contributed by atoms with E-state index in [0.29, 0.717) is 11.7 Å². The first kappa shape index (κ1) is 9.45. The average Bonchev–Trinajstić information content (AvgIpc) is 2.58. The van der Waals surface area contributed by atoms with Crippen molar-refractivity contribution in [3.8, 4) is 0 Å². The standard InChI is InChI=1S/C9H12N4S/c1-5(2)8-10-3-6-9(13-8)12-7(4-14)11-6/h3,5,14H,4H2,1-2H3,(H,10,11,12,13). The maximum absolute atomic E-state index is 4.38. The molecule has 0 saturated carbocycles. The van der Waals surface area contributed by atoms with Crippen molar-refractivity contribution in [2.75, 3.05) is 0 Å². The molecule has 4 nitrogen and oxygen atoms in total. The number of nitrogens with zero attached hydrogens (tertiary/aromatic N) is 3. The van der Waals surface area contributed by atoms with Crippen LogP contribution in [0.2, 0.25) is 0 Å². The number of rotatable bonds is 2. The molecule has 5 heteroatoms. The van der Waals surface area contributed by atoms with E-state index in [4.69, 9.17) is 0 Å². The fraction of sp³-hybridized carbons (Fsp3) is 0.444. The number of H-pyrrole nitrogens is 1. The fourth-order valence-corrected chi connectivity index (χ4v) is 1.38. The molecule has 2 aromatic heterocycles. The lowest BCUT2D eigenvalue weighted by Gasteiger charge is -2.00. The Morgan fingerprint density at radius 2 is 2.21 bits per heavy atom. The second-order valence-corrected chi connectivity index (χ2v) is 3.77. The quantitative estimate of drug-likeness (QED) is 0.741. The number of thiol groups is 1. The molecule has 0 aliphatic carbocycles. The number of fused-ring (bicyclic) bond motifs is 1. The zero-order valence-electron chi connectivity index (χ0n) is 8.15. The van der Waals surface area contributed by atoms with Crippen LogP contribution in [0.5, 0.6) is 0 Å². The number of imidazole rings is 1. The molecule has 1 N–H and O–H groups in total. The van der Waals surface area contributed by atoms with Gasteiger partial charge in [-0.25, -0.2) is 15.0 Å². The zero-order valence-corrected chi connectivity index (χ0v) is 9.05. The first-order valence-corrected chi connectivity index (χ1v) is 5.16. The molecule has 2 rings (SSSR count). The molecule has 0 aliphatic heterocycles. The monoisotopic (exact) mass is 208 g/mol. The Morgan fingerprint density at radius 1 is 1.43 bits per heavy atom. The number of nitrogens with one attached hydrogen (secondary N) is 1. The van der Waals surface area contributed by atoms with E-state index in [1.165, 1.54) is 0 Å². The van der Waals surface area contributed by atoms with Crippen molar-refractivity contribution in [2.45, 2.75) is 25.5 Å². The summed E-state index contributed by atoms with van der Waals surface area (Å²) in [4.78, 5) is 16.0. The van der Waals surface area contributed by atoms with Gasteiger partial charge in [0.2, 0.25) is 0 Å². The second-order valence-electron chi connectivity index (χ2n) is 3.46. The summed E-state index contributed by atoms with van der Waals surface area (Å²) in [5, 5.41) is 0.